The van der Waals surface area contributed by atoms with E-state index in [4.69, 9.17) is 9.26 Å². The van der Waals surface area contributed by atoms with Gasteiger partial charge in [0.25, 0.3) is 5.89 Å². The van der Waals surface area contributed by atoms with Crippen LogP contribution >= 0.6 is 0 Å². The number of allylic oxidation sites excluding steroid dienone is 2. The Hall–Kier alpha value is -1.69. The monoisotopic (exact) mass is 317 g/mol. The minimum atomic E-state index is -0.537. The summed E-state index contributed by atoms with van der Waals surface area (Å²) in [6.45, 7) is 1.37. The van der Waals surface area contributed by atoms with Crippen molar-refractivity contribution in [1.82, 2.24) is 15.0 Å². The summed E-state index contributed by atoms with van der Waals surface area (Å²) in [6, 6.07) is 0. The number of methoxy groups -OCH3 is 1. The first-order chi connectivity index (χ1) is 11.2. The number of hydrogen-bond acceptors (Lipinski definition) is 5. The molecule has 1 amide bonds. The van der Waals surface area contributed by atoms with E-state index in [1.807, 2.05) is 4.90 Å². The molecule has 4 rings (SSSR count). The minimum absolute atomic E-state index is 0.134. The van der Waals surface area contributed by atoms with Gasteiger partial charge in [-0.2, -0.15) is 4.98 Å². The van der Waals surface area contributed by atoms with Gasteiger partial charge in [-0.3, -0.25) is 4.79 Å². The second-order valence-electron chi connectivity index (χ2n) is 6.90. The number of carbonyl (C=O) groups is 1. The average molecular weight is 317 g/mol. The maximum Gasteiger partial charge on any atom is 0.259 e. The number of aromatic nitrogens is 2. The maximum absolute atomic E-state index is 12.5. The summed E-state index contributed by atoms with van der Waals surface area (Å²) in [5.41, 5.74) is -0.537. The van der Waals surface area contributed by atoms with Crippen LogP contribution in [0.3, 0.4) is 0 Å². The van der Waals surface area contributed by atoms with Crippen molar-refractivity contribution in [3.63, 3.8) is 0 Å². The highest BCUT2D eigenvalue weighted by Crippen LogP contribution is 2.41. The standard InChI is InChI=1S/C17H23N3O3/c1-22-17(16-18-14(19-23-16)12-6-7-12)8-10-20(11-9-17)15(21)13-4-2-3-5-13/h2-3,12-13H,4-11H2,1H3. The first kappa shape index (κ1) is 14.9. The Kier molecular flexibility index (Phi) is 3.71. The predicted molar refractivity (Wildman–Crippen MR) is 82.6 cm³/mol. The van der Waals surface area contributed by atoms with Crippen LogP contribution in [-0.2, 0) is 15.1 Å². The minimum Gasteiger partial charge on any atom is -0.368 e. The number of carbonyl (C=O) groups excluding carboxylic acids is 1. The van der Waals surface area contributed by atoms with E-state index in [9.17, 15) is 4.79 Å². The fourth-order valence-corrected chi connectivity index (χ4v) is 3.60. The SMILES string of the molecule is COC1(c2nc(C3CC3)no2)CCN(C(=O)C2CC=CC2)CC1. The molecule has 0 N–H and O–H groups in total. The van der Waals surface area contributed by atoms with Crippen molar-refractivity contribution in [2.75, 3.05) is 20.2 Å². The first-order valence-corrected chi connectivity index (χ1v) is 8.55. The van der Waals surface area contributed by atoms with Crippen LogP contribution in [0.15, 0.2) is 16.7 Å². The third-order valence-corrected chi connectivity index (χ3v) is 5.40. The maximum atomic E-state index is 12.5. The van der Waals surface area contributed by atoms with Crippen LogP contribution in [0.2, 0.25) is 0 Å². The van der Waals surface area contributed by atoms with E-state index >= 15 is 0 Å². The van der Waals surface area contributed by atoms with Crippen LogP contribution in [-0.4, -0.2) is 41.1 Å². The number of amides is 1. The largest absolute Gasteiger partial charge is 0.368 e. The number of hydrogen-bond donors (Lipinski definition) is 0. The molecule has 0 atom stereocenters. The molecular weight excluding hydrogens is 294 g/mol. The molecule has 6 nitrogen and oxygen atoms in total. The fourth-order valence-electron chi connectivity index (χ4n) is 3.60. The van der Waals surface area contributed by atoms with Crippen molar-refractivity contribution >= 4 is 5.91 Å². The van der Waals surface area contributed by atoms with E-state index in [1.54, 1.807) is 7.11 Å². The summed E-state index contributed by atoms with van der Waals surface area (Å²) >= 11 is 0. The summed E-state index contributed by atoms with van der Waals surface area (Å²) in [7, 11) is 1.69. The molecule has 0 aromatic carbocycles. The van der Waals surface area contributed by atoms with Crippen LogP contribution in [0.4, 0.5) is 0 Å². The Bertz CT molecular complexity index is 604. The molecule has 6 heteroatoms. The number of likely N-dealkylation sites (tertiary alicyclic amines) is 1. The molecule has 1 saturated carbocycles. The normalized spacial score (nSPS) is 24.3. The molecule has 1 aromatic rings. The van der Waals surface area contributed by atoms with Gasteiger partial charge in [0.2, 0.25) is 5.91 Å². The molecule has 2 heterocycles. The van der Waals surface area contributed by atoms with Gasteiger partial charge in [0, 0.05) is 44.9 Å². The Morgan fingerprint density at radius 1 is 1.30 bits per heavy atom. The summed E-state index contributed by atoms with van der Waals surface area (Å²) in [4.78, 5) is 19.1. The highest BCUT2D eigenvalue weighted by atomic mass is 16.5. The van der Waals surface area contributed by atoms with E-state index in [1.165, 1.54) is 0 Å². The van der Waals surface area contributed by atoms with E-state index in [0.717, 1.165) is 31.5 Å². The Balaban J connectivity index is 1.43. The Labute approximate surface area is 135 Å². The lowest BCUT2D eigenvalue weighted by Crippen LogP contribution is -2.47. The molecule has 1 saturated heterocycles. The molecule has 2 aliphatic carbocycles. The number of ether oxygens (including phenoxy) is 1. The number of piperidine rings is 1. The van der Waals surface area contributed by atoms with E-state index < -0.39 is 5.60 Å². The highest BCUT2D eigenvalue weighted by molar-refractivity contribution is 5.79. The van der Waals surface area contributed by atoms with Crippen LogP contribution < -0.4 is 0 Å². The van der Waals surface area contributed by atoms with Crippen molar-refractivity contribution in [3.05, 3.63) is 23.9 Å². The number of rotatable bonds is 4. The van der Waals surface area contributed by atoms with Gasteiger partial charge in [0.1, 0.15) is 5.60 Å². The van der Waals surface area contributed by atoms with Gasteiger partial charge in [-0.15, -0.1) is 0 Å². The molecule has 0 unspecified atom stereocenters. The lowest BCUT2D eigenvalue weighted by atomic mass is 9.90. The molecule has 2 fully saturated rings. The fraction of sp³-hybridized carbons (Fsp3) is 0.706. The van der Waals surface area contributed by atoms with Gasteiger partial charge < -0.3 is 14.2 Å². The molecule has 1 aromatic heterocycles. The van der Waals surface area contributed by atoms with Crippen LogP contribution in [0, 0.1) is 5.92 Å². The predicted octanol–water partition coefficient (Wildman–Crippen LogP) is 2.38. The topological polar surface area (TPSA) is 68.5 Å². The smallest absolute Gasteiger partial charge is 0.259 e. The zero-order valence-corrected chi connectivity index (χ0v) is 13.5. The molecule has 1 aliphatic heterocycles. The van der Waals surface area contributed by atoms with Crippen LogP contribution in [0.25, 0.3) is 0 Å². The summed E-state index contributed by atoms with van der Waals surface area (Å²) < 4.78 is 11.3. The summed E-state index contributed by atoms with van der Waals surface area (Å²) in [6.07, 6.45) is 9.67. The van der Waals surface area contributed by atoms with E-state index in [0.29, 0.717) is 37.7 Å². The first-order valence-electron chi connectivity index (χ1n) is 8.55. The second-order valence-corrected chi connectivity index (χ2v) is 6.90. The molecule has 23 heavy (non-hydrogen) atoms. The van der Waals surface area contributed by atoms with Gasteiger partial charge in [0.15, 0.2) is 5.82 Å². The molecule has 0 radical (unpaired) electrons. The molecule has 124 valence electrons. The van der Waals surface area contributed by atoms with Crippen molar-refractivity contribution in [3.8, 4) is 0 Å². The number of nitrogens with zero attached hydrogens (tertiary/aromatic N) is 3. The van der Waals surface area contributed by atoms with Gasteiger partial charge in [0.05, 0.1) is 0 Å². The lowest BCUT2D eigenvalue weighted by molar-refractivity contribution is -0.142. The lowest BCUT2D eigenvalue weighted by Gasteiger charge is -2.39. The third-order valence-electron chi connectivity index (χ3n) is 5.40. The zero-order valence-electron chi connectivity index (χ0n) is 13.5. The van der Waals surface area contributed by atoms with Gasteiger partial charge in [-0.1, -0.05) is 17.3 Å². The van der Waals surface area contributed by atoms with Crippen molar-refractivity contribution in [2.24, 2.45) is 5.92 Å². The van der Waals surface area contributed by atoms with Crippen LogP contribution in [0.5, 0.6) is 0 Å². The summed E-state index contributed by atoms with van der Waals surface area (Å²) in [5, 5.41) is 4.11. The van der Waals surface area contributed by atoms with E-state index in [2.05, 4.69) is 22.3 Å². The Morgan fingerprint density at radius 3 is 2.61 bits per heavy atom. The molecule has 0 spiro atoms. The van der Waals surface area contributed by atoms with Crippen LogP contribution in [0.1, 0.15) is 56.2 Å². The van der Waals surface area contributed by atoms with Gasteiger partial charge in [-0.05, 0) is 25.7 Å². The Morgan fingerprint density at radius 2 is 2.00 bits per heavy atom. The summed E-state index contributed by atoms with van der Waals surface area (Å²) in [5.74, 6) is 2.26. The third kappa shape index (κ3) is 2.69. The zero-order chi connectivity index (χ0) is 15.9. The molecular formula is C17H23N3O3. The van der Waals surface area contributed by atoms with E-state index in [-0.39, 0.29) is 11.8 Å². The van der Waals surface area contributed by atoms with Crippen molar-refractivity contribution in [2.45, 2.75) is 50.0 Å². The second kappa shape index (κ2) is 5.74. The van der Waals surface area contributed by atoms with Crippen molar-refractivity contribution in [1.29, 1.82) is 0 Å². The van der Waals surface area contributed by atoms with Crippen molar-refractivity contribution < 1.29 is 14.1 Å². The highest BCUT2D eigenvalue weighted by Gasteiger charge is 2.44. The molecule has 3 aliphatic rings. The quantitative estimate of drug-likeness (QED) is 0.798. The van der Waals surface area contributed by atoms with Gasteiger partial charge >= 0.3 is 0 Å². The average Bonchev–Trinajstić information content (AvgIpc) is 3.10. The molecule has 0 bridgehead atoms. The van der Waals surface area contributed by atoms with Gasteiger partial charge in [-0.25, -0.2) is 0 Å².